The Labute approximate surface area is 134 Å². The zero-order valence-electron chi connectivity index (χ0n) is 12.9. The summed E-state index contributed by atoms with van der Waals surface area (Å²) in [7, 11) is 0. The van der Waals surface area contributed by atoms with Crippen molar-refractivity contribution in [2.45, 2.75) is 19.5 Å². The molecular formula is C17H20N4O2. The van der Waals surface area contributed by atoms with Crippen LogP contribution in [-0.4, -0.2) is 28.0 Å². The quantitative estimate of drug-likeness (QED) is 0.817. The van der Waals surface area contributed by atoms with Crippen LogP contribution in [0.4, 0.5) is 5.95 Å². The largest absolute Gasteiger partial charge is 0.490 e. The van der Waals surface area contributed by atoms with Gasteiger partial charge in [0.2, 0.25) is 5.95 Å². The monoisotopic (exact) mass is 312 g/mol. The zero-order chi connectivity index (χ0) is 16.2. The van der Waals surface area contributed by atoms with Crippen LogP contribution in [0.2, 0.25) is 0 Å². The van der Waals surface area contributed by atoms with E-state index in [4.69, 9.17) is 10.5 Å². The van der Waals surface area contributed by atoms with Crippen LogP contribution in [0.3, 0.4) is 0 Å². The first-order valence-electron chi connectivity index (χ1n) is 7.58. The second-order valence-electron chi connectivity index (χ2n) is 5.58. The Morgan fingerprint density at radius 1 is 1.39 bits per heavy atom. The molecule has 0 spiro atoms. The van der Waals surface area contributed by atoms with Crippen LogP contribution >= 0.6 is 0 Å². The summed E-state index contributed by atoms with van der Waals surface area (Å²) in [5.41, 5.74) is 8.17. The number of benzene rings is 1. The first-order chi connectivity index (χ1) is 11.2. The number of nitrogens with two attached hydrogens (primary N) is 1. The lowest BCUT2D eigenvalue weighted by Gasteiger charge is -2.27. The average Bonchev–Trinajstić information content (AvgIpc) is 2.55. The molecule has 0 amide bonds. The fourth-order valence-corrected chi connectivity index (χ4v) is 2.74. The van der Waals surface area contributed by atoms with Gasteiger partial charge in [-0.2, -0.15) is 0 Å². The van der Waals surface area contributed by atoms with Gasteiger partial charge in [-0.15, -0.1) is 0 Å². The second kappa shape index (κ2) is 6.66. The van der Waals surface area contributed by atoms with Gasteiger partial charge in [0.05, 0.1) is 11.3 Å². The average molecular weight is 312 g/mol. The molecule has 120 valence electrons. The number of hydrogen-bond donors (Lipinski definition) is 2. The molecule has 0 unspecified atom stereocenters. The summed E-state index contributed by atoms with van der Waals surface area (Å²) >= 11 is 0. The third-order valence-corrected chi connectivity index (χ3v) is 3.86. The molecule has 2 aromatic rings. The number of anilines is 1. The molecule has 23 heavy (non-hydrogen) atoms. The van der Waals surface area contributed by atoms with Crippen LogP contribution in [0, 0.1) is 0 Å². The summed E-state index contributed by atoms with van der Waals surface area (Å²) in [4.78, 5) is 21.0. The second-order valence-corrected chi connectivity index (χ2v) is 5.58. The van der Waals surface area contributed by atoms with Crippen molar-refractivity contribution in [3.8, 4) is 5.75 Å². The molecule has 6 nitrogen and oxygen atoms in total. The molecule has 0 saturated heterocycles. The van der Waals surface area contributed by atoms with Gasteiger partial charge in [0.15, 0.2) is 0 Å². The maximum Gasteiger partial charge on any atom is 0.257 e. The minimum atomic E-state index is -0.134. The van der Waals surface area contributed by atoms with E-state index in [-0.39, 0.29) is 11.5 Å². The van der Waals surface area contributed by atoms with Crippen molar-refractivity contribution in [1.82, 2.24) is 14.9 Å². The predicted molar refractivity (Wildman–Crippen MR) is 89.2 cm³/mol. The molecule has 0 bridgehead atoms. The van der Waals surface area contributed by atoms with E-state index in [2.05, 4.69) is 21.4 Å². The van der Waals surface area contributed by atoms with Gasteiger partial charge in [0.25, 0.3) is 5.56 Å². The lowest BCUT2D eigenvalue weighted by Crippen LogP contribution is -2.35. The Bertz CT molecular complexity index is 752. The molecule has 1 aliphatic heterocycles. The van der Waals surface area contributed by atoms with Crippen molar-refractivity contribution in [3.05, 3.63) is 64.1 Å². The molecule has 0 atom stereocenters. The fourth-order valence-electron chi connectivity index (χ4n) is 2.74. The highest BCUT2D eigenvalue weighted by atomic mass is 16.5. The van der Waals surface area contributed by atoms with E-state index in [9.17, 15) is 4.79 Å². The molecule has 3 rings (SSSR count). The highest BCUT2D eigenvalue weighted by molar-refractivity contribution is 5.29. The van der Waals surface area contributed by atoms with Crippen molar-refractivity contribution < 1.29 is 4.74 Å². The van der Waals surface area contributed by atoms with Crippen LogP contribution in [0.25, 0.3) is 0 Å². The van der Waals surface area contributed by atoms with E-state index in [0.717, 1.165) is 36.5 Å². The van der Waals surface area contributed by atoms with Crippen molar-refractivity contribution in [2.24, 2.45) is 0 Å². The van der Waals surface area contributed by atoms with Gasteiger partial charge >= 0.3 is 0 Å². The lowest BCUT2D eigenvalue weighted by atomic mass is 10.1. The molecule has 1 aliphatic rings. The minimum Gasteiger partial charge on any atom is -0.490 e. The number of aromatic nitrogens is 2. The van der Waals surface area contributed by atoms with Gasteiger partial charge in [0, 0.05) is 26.1 Å². The normalized spacial score (nSPS) is 14.3. The molecule has 0 radical (unpaired) electrons. The number of aromatic amines is 1. The molecule has 6 heteroatoms. The lowest BCUT2D eigenvalue weighted by molar-refractivity contribution is 0.242. The van der Waals surface area contributed by atoms with Crippen LogP contribution in [-0.2, 0) is 19.5 Å². The van der Waals surface area contributed by atoms with Crippen molar-refractivity contribution in [1.29, 1.82) is 0 Å². The predicted octanol–water partition coefficient (Wildman–Crippen LogP) is 1.48. The standard InChI is InChI=1S/C17H20N4O2/c1-2-9-23-13-5-3-12(4-6-13)10-21-8-7-15-14(11-21)16(22)20-17(18)19-15/h2-6H,1,7-11H2,(H3,18,19,20,22). The summed E-state index contributed by atoms with van der Waals surface area (Å²) in [6, 6.07) is 7.98. The van der Waals surface area contributed by atoms with E-state index in [0.29, 0.717) is 13.2 Å². The van der Waals surface area contributed by atoms with Gasteiger partial charge in [-0.1, -0.05) is 24.8 Å². The molecule has 0 aliphatic carbocycles. The Hall–Kier alpha value is -2.60. The number of nitrogen functional groups attached to an aromatic ring is 1. The van der Waals surface area contributed by atoms with Gasteiger partial charge in [0.1, 0.15) is 12.4 Å². The van der Waals surface area contributed by atoms with Crippen molar-refractivity contribution in [3.63, 3.8) is 0 Å². The molecule has 0 fully saturated rings. The maximum atomic E-state index is 12.0. The minimum absolute atomic E-state index is 0.134. The van der Waals surface area contributed by atoms with Gasteiger partial charge in [-0.25, -0.2) is 4.98 Å². The SMILES string of the molecule is C=CCOc1ccc(CN2CCc3nc(N)[nH]c(=O)c3C2)cc1. The molecular weight excluding hydrogens is 292 g/mol. The summed E-state index contributed by atoms with van der Waals surface area (Å²) < 4.78 is 5.48. The smallest absolute Gasteiger partial charge is 0.257 e. The van der Waals surface area contributed by atoms with Crippen LogP contribution < -0.4 is 16.0 Å². The third kappa shape index (κ3) is 3.60. The zero-order valence-corrected chi connectivity index (χ0v) is 12.9. The Balaban J connectivity index is 1.67. The number of nitrogens with zero attached hydrogens (tertiary/aromatic N) is 2. The first-order valence-corrected chi connectivity index (χ1v) is 7.58. The number of hydrogen-bond acceptors (Lipinski definition) is 5. The van der Waals surface area contributed by atoms with E-state index in [1.54, 1.807) is 6.08 Å². The molecule has 0 saturated carbocycles. The Kier molecular flexibility index (Phi) is 4.43. The van der Waals surface area contributed by atoms with Gasteiger partial charge < -0.3 is 10.5 Å². The Morgan fingerprint density at radius 2 is 2.17 bits per heavy atom. The number of nitrogens with one attached hydrogen (secondary N) is 1. The van der Waals surface area contributed by atoms with E-state index in [1.807, 2.05) is 24.3 Å². The topological polar surface area (TPSA) is 84.2 Å². The van der Waals surface area contributed by atoms with Crippen molar-refractivity contribution >= 4 is 5.95 Å². The number of rotatable bonds is 5. The summed E-state index contributed by atoms with van der Waals surface area (Å²) in [6.45, 7) is 6.36. The highest BCUT2D eigenvalue weighted by Gasteiger charge is 2.20. The van der Waals surface area contributed by atoms with Crippen molar-refractivity contribution in [2.75, 3.05) is 18.9 Å². The number of fused-ring (bicyclic) bond motifs is 1. The third-order valence-electron chi connectivity index (χ3n) is 3.86. The van der Waals surface area contributed by atoms with Crippen LogP contribution in [0.15, 0.2) is 41.7 Å². The molecule has 1 aromatic carbocycles. The van der Waals surface area contributed by atoms with E-state index in [1.165, 1.54) is 5.56 Å². The van der Waals surface area contributed by atoms with Crippen LogP contribution in [0.1, 0.15) is 16.8 Å². The molecule has 1 aromatic heterocycles. The van der Waals surface area contributed by atoms with E-state index >= 15 is 0 Å². The highest BCUT2D eigenvalue weighted by Crippen LogP contribution is 2.18. The van der Waals surface area contributed by atoms with Crippen LogP contribution in [0.5, 0.6) is 5.75 Å². The molecule has 2 heterocycles. The summed E-state index contributed by atoms with van der Waals surface area (Å²) in [6.07, 6.45) is 2.46. The van der Waals surface area contributed by atoms with Gasteiger partial charge in [-0.3, -0.25) is 14.7 Å². The summed E-state index contributed by atoms with van der Waals surface area (Å²) in [5, 5.41) is 0. The number of ether oxygens (including phenoxy) is 1. The molecule has 3 N–H and O–H groups in total. The van der Waals surface area contributed by atoms with Gasteiger partial charge in [-0.05, 0) is 17.7 Å². The Morgan fingerprint density at radius 3 is 2.91 bits per heavy atom. The number of H-pyrrole nitrogens is 1. The summed E-state index contributed by atoms with van der Waals surface area (Å²) in [5.74, 6) is 1.02. The van der Waals surface area contributed by atoms with E-state index < -0.39 is 0 Å². The maximum absolute atomic E-state index is 12.0. The fraction of sp³-hybridized carbons (Fsp3) is 0.294. The first kappa shape index (κ1) is 15.3.